The van der Waals surface area contributed by atoms with Crippen LogP contribution in [0.3, 0.4) is 0 Å². The van der Waals surface area contributed by atoms with E-state index in [0.29, 0.717) is 6.61 Å². The molecule has 0 aliphatic heterocycles. The Morgan fingerprint density at radius 1 is 1.05 bits per heavy atom. The lowest BCUT2D eigenvalue weighted by Crippen LogP contribution is -2.00. The van der Waals surface area contributed by atoms with Crippen molar-refractivity contribution in [1.29, 1.82) is 0 Å². The Kier molecular flexibility index (Phi) is 3.61. The minimum absolute atomic E-state index is 0.523. The number of benzene rings is 2. The first kappa shape index (κ1) is 13.0. The van der Waals surface area contributed by atoms with Gasteiger partial charge in [0.2, 0.25) is 0 Å². The summed E-state index contributed by atoms with van der Waals surface area (Å²) in [6.07, 6.45) is 0. The van der Waals surface area contributed by atoms with Crippen LogP contribution in [-0.2, 0) is 6.61 Å². The van der Waals surface area contributed by atoms with Crippen LogP contribution in [0.25, 0.3) is 10.9 Å². The Hall–Kier alpha value is -2.00. The van der Waals surface area contributed by atoms with Gasteiger partial charge in [0.05, 0.1) is 5.52 Å². The first-order valence-corrected chi connectivity index (χ1v) is 6.94. The lowest BCUT2D eigenvalue weighted by molar-refractivity contribution is 0.305. The van der Waals surface area contributed by atoms with E-state index in [2.05, 4.69) is 29.7 Å². The monoisotopic (exact) mass is 281 g/mol. The second-order valence-electron chi connectivity index (χ2n) is 4.71. The molecular formula is C17H15NOS. The lowest BCUT2D eigenvalue weighted by Gasteiger charge is -2.10. The van der Waals surface area contributed by atoms with Crippen molar-refractivity contribution in [2.24, 2.45) is 0 Å². The molecule has 0 aliphatic rings. The van der Waals surface area contributed by atoms with Gasteiger partial charge in [0, 0.05) is 21.5 Å². The van der Waals surface area contributed by atoms with Crippen LogP contribution >= 0.6 is 12.6 Å². The summed E-state index contributed by atoms with van der Waals surface area (Å²) in [5, 5.41) is 1.14. The van der Waals surface area contributed by atoms with E-state index in [1.54, 1.807) is 0 Å². The number of thiol groups is 1. The number of para-hydroxylation sites is 1. The smallest absolute Gasteiger partial charge is 0.119 e. The van der Waals surface area contributed by atoms with E-state index in [0.717, 1.165) is 32.8 Å². The van der Waals surface area contributed by atoms with Crippen LogP contribution in [0.4, 0.5) is 0 Å². The zero-order valence-electron chi connectivity index (χ0n) is 11.2. The Morgan fingerprint density at radius 2 is 1.80 bits per heavy atom. The quantitative estimate of drug-likeness (QED) is 0.718. The zero-order chi connectivity index (χ0) is 13.9. The number of pyridine rings is 1. The highest BCUT2D eigenvalue weighted by Crippen LogP contribution is 2.19. The normalized spacial score (nSPS) is 10.7. The second kappa shape index (κ2) is 5.55. The number of aromatic nitrogens is 1. The molecule has 20 heavy (non-hydrogen) atoms. The topological polar surface area (TPSA) is 22.1 Å². The molecule has 0 unspecified atom stereocenters. The molecule has 0 radical (unpaired) electrons. The third kappa shape index (κ3) is 2.78. The number of hydrogen-bond acceptors (Lipinski definition) is 3. The van der Waals surface area contributed by atoms with Crippen LogP contribution in [0.5, 0.6) is 5.75 Å². The third-order valence-corrected chi connectivity index (χ3v) is 3.55. The van der Waals surface area contributed by atoms with Gasteiger partial charge >= 0.3 is 0 Å². The van der Waals surface area contributed by atoms with Crippen molar-refractivity contribution in [1.82, 2.24) is 4.98 Å². The van der Waals surface area contributed by atoms with Gasteiger partial charge in [0.25, 0.3) is 0 Å². The average Bonchev–Trinajstić information content (AvgIpc) is 2.47. The highest BCUT2D eigenvalue weighted by molar-refractivity contribution is 7.80. The standard InChI is InChI=1S/C17H15NOS/c1-12-14(10-13-4-2-3-5-17(13)18-12)11-19-15-6-8-16(20)9-7-15/h2-10,20H,11H2,1H3. The predicted molar refractivity (Wildman–Crippen MR) is 84.5 cm³/mol. The van der Waals surface area contributed by atoms with Crippen molar-refractivity contribution in [3.8, 4) is 5.75 Å². The van der Waals surface area contributed by atoms with Gasteiger partial charge in [-0.3, -0.25) is 4.98 Å². The van der Waals surface area contributed by atoms with Crippen LogP contribution in [0.15, 0.2) is 59.5 Å². The largest absolute Gasteiger partial charge is 0.489 e. The van der Waals surface area contributed by atoms with E-state index in [9.17, 15) is 0 Å². The molecule has 3 heteroatoms. The van der Waals surface area contributed by atoms with Crippen molar-refractivity contribution < 1.29 is 4.74 Å². The molecule has 0 atom stereocenters. The molecule has 1 aromatic heterocycles. The molecule has 0 bridgehead atoms. The van der Waals surface area contributed by atoms with Crippen molar-refractivity contribution in [3.63, 3.8) is 0 Å². The number of hydrogen-bond donors (Lipinski definition) is 1. The Morgan fingerprint density at radius 3 is 2.60 bits per heavy atom. The fourth-order valence-corrected chi connectivity index (χ4v) is 2.25. The van der Waals surface area contributed by atoms with E-state index >= 15 is 0 Å². The van der Waals surface area contributed by atoms with Crippen molar-refractivity contribution in [2.75, 3.05) is 0 Å². The minimum Gasteiger partial charge on any atom is -0.489 e. The summed E-state index contributed by atoms with van der Waals surface area (Å²) in [6, 6.07) is 18.0. The first-order chi connectivity index (χ1) is 9.72. The lowest BCUT2D eigenvalue weighted by atomic mass is 10.1. The van der Waals surface area contributed by atoms with Gasteiger partial charge in [-0.15, -0.1) is 12.6 Å². The van der Waals surface area contributed by atoms with Crippen molar-refractivity contribution in [2.45, 2.75) is 18.4 Å². The molecule has 2 aromatic carbocycles. The molecule has 100 valence electrons. The molecule has 0 spiro atoms. The van der Waals surface area contributed by atoms with Crippen LogP contribution in [0.2, 0.25) is 0 Å². The number of rotatable bonds is 3. The molecule has 0 saturated heterocycles. The van der Waals surface area contributed by atoms with Crippen molar-refractivity contribution >= 4 is 23.5 Å². The number of nitrogens with zero attached hydrogens (tertiary/aromatic N) is 1. The maximum absolute atomic E-state index is 5.80. The summed E-state index contributed by atoms with van der Waals surface area (Å²) in [5.74, 6) is 0.843. The van der Waals surface area contributed by atoms with Gasteiger partial charge in [0.15, 0.2) is 0 Å². The molecule has 0 N–H and O–H groups in total. The van der Waals surface area contributed by atoms with Gasteiger partial charge < -0.3 is 4.74 Å². The second-order valence-corrected chi connectivity index (χ2v) is 5.22. The summed E-state index contributed by atoms with van der Waals surface area (Å²) in [6.45, 7) is 2.54. The van der Waals surface area contributed by atoms with Crippen LogP contribution < -0.4 is 4.74 Å². The van der Waals surface area contributed by atoms with E-state index in [-0.39, 0.29) is 0 Å². The molecule has 2 nitrogen and oxygen atoms in total. The van der Waals surface area contributed by atoms with E-state index in [1.807, 2.05) is 49.4 Å². The molecule has 1 heterocycles. The molecular weight excluding hydrogens is 266 g/mol. The number of aryl methyl sites for hydroxylation is 1. The van der Waals surface area contributed by atoms with Gasteiger partial charge in [-0.1, -0.05) is 18.2 Å². The van der Waals surface area contributed by atoms with E-state index in [1.165, 1.54) is 0 Å². The maximum Gasteiger partial charge on any atom is 0.119 e. The van der Waals surface area contributed by atoms with E-state index < -0.39 is 0 Å². The van der Waals surface area contributed by atoms with Gasteiger partial charge in [-0.25, -0.2) is 0 Å². The molecule has 3 rings (SSSR count). The van der Waals surface area contributed by atoms with Crippen LogP contribution in [-0.4, -0.2) is 4.98 Å². The average molecular weight is 281 g/mol. The SMILES string of the molecule is Cc1nc2ccccc2cc1COc1ccc(S)cc1. The van der Waals surface area contributed by atoms with Crippen molar-refractivity contribution in [3.05, 3.63) is 65.9 Å². The van der Waals surface area contributed by atoms with E-state index in [4.69, 9.17) is 4.74 Å². The Balaban J connectivity index is 1.83. The summed E-state index contributed by atoms with van der Waals surface area (Å²) >= 11 is 4.26. The molecule has 0 amide bonds. The molecule has 3 aromatic rings. The highest BCUT2D eigenvalue weighted by Gasteiger charge is 2.04. The summed E-state index contributed by atoms with van der Waals surface area (Å²) < 4.78 is 5.80. The maximum atomic E-state index is 5.80. The molecule has 0 fully saturated rings. The summed E-state index contributed by atoms with van der Waals surface area (Å²) in [5.41, 5.74) is 3.14. The summed E-state index contributed by atoms with van der Waals surface area (Å²) in [4.78, 5) is 5.54. The zero-order valence-corrected chi connectivity index (χ0v) is 12.1. The Labute approximate surface area is 123 Å². The minimum atomic E-state index is 0.523. The predicted octanol–water partition coefficient (Wildman–Crippen LogP) is 4.41. The summed E-state index contributed by atoms with van der Waals surface area (Å²) in [7, 11) is 0. The van der Waals surface area contributed by atoms with Crippen LogP contribution in [0.1, 0.15) is 11.3 Å². The van der Waals surface area contributed by atoms with Gasteiger partial charge in [-0.2, -0.15) is 0 Å². The fraction of sp³-hybridized carbons (Fsp3) is 0.118. The number of ether oxygens (including phenoxy) is 1. The Bertz CT molecular complexity index is 738. The van der Waals surface area contributed by atoms with Crippen LogP contribution in [0, 0.1) is 6.92 Å². The van der Waals surface area contributed by atoms with Gasteiger partial charge in [0.1, 0.15) is 12.4 Å². The molecule has 0 saturated carbocycles. The highest BCUT2D eigenvalue weighted by atomic mass is 32.1. The molecule has 0 aliphatic carbocycles. The fourth-order valence-electron chi connectivity index (χ4n) is 2.11. The third-order valence-electron chi connectivity index (χ3n) is 3.25. The van der Waals surface area contributed by atoms with Gasteiger partial charge in [-0.05, 0) is 43.3 Å². The first-order valence-electron chi connectivity index (χ1n) is 6.49. The number of fused-ring (bicyclic) bond motifs is 1.